The molecule has 1 saturated heterocycles. The van der Waals surface area contributed by atoms with Crippen molar-refractivity contribution < 1.29 is 9.59 Å². The number of amides is 2. The van der Waals surface area contributed by atoms with Crippen LogP contribution in [-0.2, 0) is 0 Å². The highest BCUT2D eigenvalue weighted by Gasteiger charge is 2.25. The first kappa shape index (κ1) is 20.5. The molecule has 1 aliphatic heterocycles. The number of nitrogens with one attached hydrogen (secondary N) is 2. The minimum Gasteiger partial charge on any atom is -0.349 e. The topological polar surface area (TPSA) is 95.2 Å². The molecule has 31 heavy (non-hydrogen) atoms. The van der Waals surface area contributed by atoms with Crippen molar-refractivity contribution in [1.29, 1.82) is 0 Å². The van der Waals surface area contributed by atoms with Gasteiger partial charge in [0.1, 0.15) is 5.56 Å². The fourth-order valence-electron chi connectivity index (χ4n) is 3.80. The number of pyridine rings is 2. The Labute approximate surface area is 180 Å². The Hall–Kier alpha value is -3.74. The minimum absolute atomic E-state index is 0.0321. The van der Waals surface area contributed by atoms with Crippen molar-refractivity contribution in [3.8, 4) is 11.3 Å². The van der Waals surface area contributed by atoms with Crippen LogP contribution < -0.4 is 10.9 Å². The van der Waals surface area contributed by atoms with Gasteiger partial charge in [0, 0.05) is 42.8 Å². The number of aryl methyl sites for hydroxylation is 1. The standard InChI is InChI=1S/C24H24N4O3/c1-16-3-2-4-18(15-16)21-6-5-20(23(30)27-21)22(29)26-19-9-13-28(14-10-19)24(31)17-7-11-25-12-8-17/h2-8,11-12,15,19H,9-10,13-14H2,1H3,(H,26,29)(H,27,30). The third-order valence-corrected chi connectivity index (χ3v) is 5.53. The van der Waals surface area contributed by atoms with Gasteiger partial charge in [-0.2, -0.15) is 0 Å². The molecular formula is C24H24N4O3. The zero-order chi connectivity index (χ0) is 21.8. The third kappa shape index (κ3) is 4.71. The van der Waals surface area contributed by atoms with E-state index in [1.54, 1.807) is 41.6 Å². The van der Waals surface area contributed by atoms with E-state index in [1.165, 1.54) is 0 Å². The molecule has 0 unspecified atom stereocenters. The Morgan fingerprint density at radius 2 is 1.81 bits per heavy atom. The number of likely N-dealkylation sites (tertiary alicyclic amines) is 1. The first-order valence-corrected chi connectivity index (χ1v) is 10.3. The van der Waals surface area contributed by atoms with Gasteiger partial charge in [0.25, 0.3) is 17.4 Å². The van der Waals surface area contributed by atoms with Crippen LogP contribution in [0.2, 0.25) is 0 Å². The molecule has 0 spiro atoms. The van der Waals surface area contributed by atoms with Crippen LogP contribution in [0.3, 0.4) is 0 Å². The molecule has 1 fully saturated rings. The van der Waals surface area contributed by atoms with Gasteiger partial charge in [-0.3, -0.25) is 19.4 Å². The molecule has 0 saturated carbocycles. The van der Waals surface area contributed by atoms with Crippen LogP contribution in [-0.4, -0.2) is 45.8 Å². The SMILES string of the molecule is Cc1cccc(-c2ccc(C(=O)NC3CCN(C(=O)c4ccncc4)CC3)c(=O)[nH]2)c1. The quantitative estimate of drug-likeness (QED) is 0.684. The van der Waals surface area contributed by atoms with Crippen molar-refractivity contribution in [3.63, 3.8) is 0 Å². The van der Waals surface area contributed by atoms with Gasteiger partial charge in [0.05, 0.1) is 0 Å². The average Bonchev–Trinajstić information content (AvgIpc) is 2.79. The molecule has 2 amide bonds. The van der Waals surface area contributed by atoms with Crippen LogP contribution >= 0.6 is 0 Å². The number of aromatic amines is 1. The van der Waals surface area contributed by atoms with Crippen molar-refractivity contribution in [3.05, 3.63) is 88.0 Å². The molecule has 7 heteroatoms. The Balaban J connectivity index is 1.37. The summed E-state index contributed by atoms with van der Waals surface area (Å²) in [5, 5.41) is 2.94. The van der Waals surface area contributed by atoms with Crippen LogP contribution in [0.5, 0.6) is 0 Å². The summed E-state index contributed by atoms with van der Waals surface area (Å²) in [7, 11) is 0. The largest absolute Gasteiger partial charge is 0.349 e. The molecule has 0 radical (unpaired) electrons. The monoisotopic (exact) mass is 416 g/mol. The Morgan fingerprint density at radius 3 is 2.48 bits per heavy atom. The fourth-order valence-corrected chi connectivity index (χ4v) is 3.80. The van der Waals surface area contributed by atoms with Crippen molar-refractivity contribution in [1.82, 2.24) is 20.2 Å². The van der Waals surface area contributed by atoms with Gasteiger partial charge < -0.3 is 15.2 Å². The van der Waals surface area contributed by atoms with Gasteiger partial charge in [-0.05, 0) is 55.7 Å². The van der Waals surface area contributed by atoms with E-state index in [2.05, 4.69) is 15.3 Å². The van der Waals surface area contributed by atoms with Crippen molar-refractivity contribution in [2.45, 2.75) is 25.8 Å². The maximum Gasteiger partial charge on any atom is 0.261 e. The van der Waals surface area contributed by atoms with E-state index in [4.69, 9.17) is 0 Å². The molecule has 2 aromatic heterocycles. The maximum atomic E-state index is 12.7. The van der Waals surface area contributed by atoms with E-state index in [1.807, 2.05) is 31.2 Å². The van der Waals surface area contributed by atoms with Gasteiger partial charge in [-0.15, -0.1) is 0 Å². The molecule has 1 aliphatic rings. The normalized spacial score (nSPS) is 14.3. The van der Waals surface area contributed by atoms with Crippen molar-refractivity contribution in [2.24, 2.45) is 0 Å². The molecule has 3 heterocycles. The lowest BCUT2D eigenvalue weighted by Gasteiger charge is -2.32. The van der Waals surface area contributed by atoms with Gasteiger partial charge in [-0.1, -0.05) is 23.8 Å². The van der Waals surface area contributed by atoms with Crippen molar-refractivity contribution in [2.75, 3.05) is 13.1 Å². The highest BCUT2D eigenvalue weighted by atomic mass is 16.2. The molecule has 7 nitrogen and oxygen atoms in total. The van der Waals surface area contributed by atoms with E-state index in [0.717, 1.165) is 11.1 Å². The maximum absolute atomic E-state index is 12.7. The summed E-state index contributed by atoms with van der Waals surface area (Å²) in [5.41, 5.74) is 2.95. The summed E-state index contributed by atoms with van der Waals surface area (Å²) in [4.78, 5) is 46.2. The first-order chi connectivity index (χ1) is 15.0. The van der Waals surface area contributed by atoms with Gasteiger partial charge in [-0.25, -0.2) is 0 Å². The highest BCUT2D eigenvalue weighted by molar-refractivity contribution is 5.95. The number of benzene rings is 1. The average molecular weight is 416 g/mol. The zero-order valence-electron chi connectivity index (χ0n) is 17.3. The number of carbonyl (C=O) groups is 2. The summed E-state index contributed by atoms with van der Waals surface area (Å²) >= 11 is 0. The third-order valence-electron chi connectivity index (χ3n) is 5.53. The van der Waals surface area contributed by atoms with Crippen LogP contribution in [0.25, 0.3) is 11.3 Å². The zero-order valence-corrected chi connectivity index (χ0v) is 17.3. The number of aromatic nitrogens is 2. The Morgan fingerprint density at radius 1 is 1.06 bits per heavy atom. The number of H-pyrrole nitrogens is 1. The molecule has 0 aliphatic carbocycles. The number of hydrogen-bond donors (Lipinski definition) is 2. The van der Waals surface area contributed by atoms with Gasteiger partial charge >= 0.3 is 0 Å². The van der Waals surface area contributed by atoms with Crippen LogP contribution in [0.4, 0.5) is 0 Å². The summed E-state index contributed by atoms with van der Waals surface area (Å²) in [6, 6.07) is 14.4. The number of carbonyl (C=O) groups excluding carboxylic acids is 2. The predicted octanol–water partition coefficient (Wildman–Crippen LogP) is 2.78. The smallest absolute Gasteiger partial charge is 0.261 e. The number of rotatable bonds is 4. The number of hydrogen-bond acceptors (Lipinski definition) is 4. The summed E-state index contributed by atoms with van der Waals surface area (Å²) < 4.78 is 0. The minimum atomic E-state index is -0.415. The molecular weight excluding hydrogens is 392 g/mol. The van der Waals surface area contributed by atoms with E-state index < -0.39 is 11.5 Å². The predicted molar refractivity (Wildman–Crippen MR) is 118 cm³/mol. The fraction of sp³-hybridized carbons (Fsp3) is 0.250. The summed E-state index contributed by atoms with van der Waals surface area (Å²) in [6.07, 6.45) is 4.48. The molecule has 0 atom stereocenters. The van der Waals surface area contributed by atoms with Crippen LogP contribution in [0, 0.1) is 6.92 Å². The second-order valence-electron chi connectivity index (χ2n) is 7.76. The second kappa shape index (κ2) is 8.95. The lowest BCUT2D eigenvalue weighted by molar-refractivity contribution is 0.0698. The van der Waals surface area contributed by atoms with E-state index >= 15 is 0 Å². The second-order valence-corrected chi connectivity index (χ2v) is 7.76. The van der Waals surface area contributed by atoms with Gasteiger partial charge in [0.15, 0.2) is 0 Å². The van der Waals surface area contributed by atoms with Crippen molar-refractivity contribution >= 4 is 11.8 Å². The van der Waals surface area contributed by atoms with E-state index in [9.17, 15) is 14.4 Å². The van der Waals surface area contributed by atoms with Crippen LogP contribution in [0.15, 0.2) is 65.7 Å². The molecule has 158 valence electrons. The lowest BCUT2D eigenvalue weighted by atomic mass is 10.0. The molecule has 4 rings (SSSR count). The summed E-state index contributed by atoms with van der Waals surface area (Å²) in [5.74, 6) is -0.425. The number of piperidine rings is 1. The van der Waals surface area contributed by atoms with Gasteiger partial charge in [0.2, 0.25) is 0 Å². The lowest BCUT2D eigenvalue weighted by Crippen LogP contribution is -2.47. The summed E-state index contributed by atoms with van der Waals surface area (Å²) in [6.45, 7) is 3.09. The Bertz CT molecular complexity index is 1150. The van der Waals surface area contributed by atoms with E-state index in [-0.39, 0.29) is 17.5 Å². The first-order valence-electron chi connectivity index (χ1n) is 10.3. The number of nitrogens with zero attached hydrogens (tertiary/aromatic N) is 2. The van der Waals surface area contributed by atoms with E-state index in [0.29, 0.717) is 37.2 Å². The van der Waals surface area contributed by atoms with Crippen LogP contribution in [0.1, 0.15) is 39.1 Å². The molecule has 1 aromatic carbocycles. The highest BCUT2D eigenvalue weighted by Crippen LogP contribution is 2.18. The molecule has 3 aromatic rings. The molecule has 0 bridgehead atoms. The molecule has 2 N–H and O–H groups in total. The Kier molecular flexibility index (Phi) is 5.93.